The second-order valence-electron chi connectivity index (χ2n) is 2.36. The number of rotatable bonds is 4. The van der Waals surface area contributed by atoms with Crippen LogP contribution in [0, 0.1) is 0 Å². The molecule has 0 aliphatic heterocycles. The minimum Gasteiger partial charge on any atom is -0.463 e. The van der Waals surface area contributed by atoms with Gasteiger partial charge in [-0.3, -0.25) is 4.79 Å². The second kappa shape index (κ2) is 5.29. The van der Waals surface area contributed by atoms with Crippen molar-refractivity contribution < 1.29 is 23.9 Å². The number of esters is 2. The molecule has 0 aliphatic rings. The first-order valence-electron chi connectivity index (χ1n) is 3.87. The Morgan fingerprint density at radius 2 is 1.85 bits per heavy atom. The highest BCUT2D eigenvalue weighted by Crippen LogP contribution is 1.95. The maximum atomic E-state index is 10.9. The Hall–Kier alpha value is -1.39. The minimum atomic E-state index is -1.03. The van der Waals surface area contributed by atoms with Gasteiger partial charge in [-0.2, -0.15) is 0 Å². The Labute approximate surface area is 76.0 Å². The van der Waals surface area contributed by atoms with Crippen molar-refractivity contribution in [2.45, 2.75) is 26.9 Å². The summed E-state index contributed by atoms with van der Waals surface area (Å²) in [4.78, 5) is 32.0. The highest BCUT2D eigenvalue weighted by Gasteiger charge is 2.20. The van der Waals surface area contributed by atoms with E-state index in [9.17, 15) is 14.4 Å². The van der Waals surface area contributed by atoms with Crippen LogP contribution in [0.5, 0.6) is 0 Å². The minimum absolute atomic E-state index is 0.209. The Balaban J connectivity index is 3.99. The average Bonchev–Trinajstić information content (AvgIpc) is 2.04. The van der Waals surface area contributed by atoms with Gasteiger partial charge in [-0.15, -0.1) is 0 Å². The van der Waals surface area contributed by atoms with Crippen molar-refractivity contribution in [1.82, 2.24) is 0 Å². The third-order valence-electron chi connectivity index (χ3n) is 1.19. The maximum Gasteiger partial charge on any atom is 0.375 e. The molecule has 0 N–H and O–H groups in total. The van der Waals surface area contributed by atoms with Crippen LogP contribution >= 0.6 is 0 Å². The fourth-order valence-electron chi connectivity index (χ4n) is 0.551. The van der Waals surface area contributed by atoms with Crippen molar-refractivity contribution in [3.8, 4) is 0 Å². The summed E-state index contributed by atoms with van der Waals surface area (Å²) < 4.78 is 9.02. The number of ketones is 1. The van der Waals surface area contributed by atoms with E-state index in [-0.39, 0.29) is 6.61 Å². The first-order valence-corrected chi connectivity index (χ1v) is 3.87. The van der Waals surface area contributed by atoms with E-state index in [0.717, 1.165) is 6.92 Å². The fraction of sp³-hybridized carbons (Fsp3) is 0.625. The summed E-state index contributed by atoms with van der Waals surface area (Å²) in [5, 5.41) is 0. The van der Waals surface area contributed by atoms with E-state index in [1.807, 2.05) is 0 Å². The zero-order valence-electron chi connectivity index (χ0n) is 7.83. The number of hydrogen-bond donors (Lipinski definition) is 0. The molecule has 0 saturated heterocycles. The SMILES string of the molecule is CCOC(=O)[C@H](C)OC(=O)C(C)=O. The standard InChI is InChI=1S/C8H12O5/c1-4-12-8(11)6(3)13-7(10)5(2)9/h6H,4H2,1-3H3/t6-/m0/s1. The number of carbonyl (C=O) groups is 3. The van der Waals surface area contributed by atoms with Crippen LogP contribution in [0.1, 0.15) is 20.8 Å². The molecule has 0 unspecified atom stereocenters. The van der Waals surface area contributed by atoms with Crippen LogP contribution in [0.3, 0.4) is 0 Å². The molecule has 0 spiro atoms. The highest BCUT2D eigenvalue weighted by atomic mass is 16.6. The lowest BCUT2D eigenvalue weighted by Gasteiger charge is -2.09. The predicted octanol–water partition coefficient (Wildman–Crippen LogP) is 0.0702. The first-order chi connectivity index (χ1) is 5.99. The molecule has 0 bridgehead atoms. The van der Waals surface area contributed by atoms with Crippen LogP contribution in [-0.2, 0) is 23.9 Å². The molecule has 0 aromatic heterocycles. The lowest BCUT2D eigenvalue weighted by molar-refractivity contribution is -0.168. The van der Waals surface area contributed by atoms with Gasteiger partial charge in [-0.1, -0.05) is 0 Å². The molecule has 0 heterocycles. The van der Waals surface area contributed by atoms with Crippen molar-refractivity contribution in [2.75, 3.05) is 6.61 Å². The Bertz CT molecular complexity index is 221. The Kier molecular flexibility index (Phi) is 4.72. The maximum absolute atomic E-state index is 10.9. The number of ether oxygens (including phenoxy) is 2. The summed E-state index contributed by atoms with van der Waals surface area (Å²) >= 11 is 0. The monoisotopic (exact) mass is 188 g/mol. The van der Waals surface area contributed by atoms with E-state index >= 15 is 0 Å². The summed E-state index contributed by atoms with van der Waals surface area (Å²) in [7, 11) is 0. The van der Waals surface area contributed by atoms with Crippen LogP contribution in [0.2, 0.25) is 0 Å². The first kappa shape index (κ1) is 11.6. The molecule has 0 aromatic carbocycles. The van der Waals surface area contributed by atoms with Crippen LogP contribution in [0.15, 0.2) is 0 Å². The lowest BCUT2D eigenvalue weighted by atomic mass is 10.4. The van der Waals surface area contributed by atoms with Gasteiger partial charge in [0.05, 0.1) is 6.61 Å². The molecule has 5 heteroatoms. The molecule has 5 nitrogen and oxygen atoms in total. The third kappa shape index (κ3) is 4.25. The fourth-order valence-corrected chi connectivity index (χ4v) is 0.551. The van der Waals surface area contributed by atoms with E-state index in [4.69, 9.17) is 0 Å². The molecule has 74 valence electrons. The van der Waals surface area contributed by atoms with E-state index in [2.05, 4.69) is 9.47 Å². The average molecular weight is 188 g/mol. The quantitative estimate of drug-likeness (QED) is 0.461. The lowest BCUT2D eigenvalue weighted by Crippen LogP contribution is -2.28. The molecular weight excluding hydrogens is 176 g/mol. The van der Waals surface area contributed by atoms with Gasteiger partial charge in [-0.05, 0) is 13.8 Å². The largest absolute Gasteiger partial charge is 0.463 e. The van der Waals surface area contributed by atoms with Gasteiger partial charge in [0.25, 0.3) is 0 Å². The number of hydrogen-bond acceptors (Lipinski definition) is 5. The van der Waals surface area contributed by atoms with E-state index < -0.39 is 23.8 Å². The molecule has 0 aliphatic carbocycles. The molecule has 0 radical (unpaired) electrons. The van der Waals surface area contributed by atoms with Gasteiger partial charge >= 0.3 is 11.9 Å². The van der Waals surface area contributed by atoms with Crippen LogP contribution in [0.25, 0.3) is 0 Å². The zero-order valence-corrected chi connectivity index (χ0v) is 7.83. The van der Waals surface area contributed by atoms with Gasteiger partial charge in [0.1, 0.15) is 0 Å². The van der Waals surface area contributed by atoms with Gasteiger partial charge in [0.2, 0.25) is 5.78 Å². The van der Waals surface area contributed by atoms with Crippen molar-refractivity contribution in [3.05, 3.63) is 0 Å². The summed E-state index contributed by atoms with van der Waals surface area (Å²) in [5.74, 6) is -2.42. The Morgan fingerprint density at radius 3 is 2.23 bits per heavy atom. The van der Waals surface area contributed by atoms with E-state index in [1.54, 1.807) is 6.92 Å². The van der Waals surface area contributed by atoms with Crippen LogP contribution < -0.4 is 0 Å². The number of Topliss-reactive ketones (excluding diaryl/α,β-unsaturated/α-hetero) is 1. The molecular formula is C8H12O5. The molecule has 0 rings (SSSR count). The summed E-state index contributed by atoms with van der Waals surface area (Å²) in [6.07, 6.45) is -1.03. The normalized spacial score (nSPS) is 11.6. The Morgan fingerprint density at radius 1 is 1.31 bits per heavy atom. The second-order valence-corrected chi connectivity index (χ2v) is 2.36. The van der Waals surface area contributed by atoms with Crippen molar-refractivity contribution in [2.24, 2.45) is 0 Å². The summed E-state index contributed by atoms with van der Waals surface area (Å²) in [6.45, 7) is 4.26. The van der Waals surface area contributed by atoms with Crippen LogP contribution in [-0.4, -0.2) is 30.4 Å². The van der Waals surface area contributed by atoms with Gasteiger partial charge < -0.3 is 9.47 Å². The predicted molar refractivity (Wildman–Crippen MR) is 42.9 cm³/mol. The topological polar surface area (TPSA) is 69.7 Å². The highest BCUT2D eigenvalue weighted by molar-refractivity contribution is 6.32. The molecule has 0 aromatic rings. The van der Waals surface area contributed by atoms with Crippen molar-refractivity contribution in [3.63, 3.8) is 0 Å². The summed E-state index contributed by atoms with van der Waals surface area (Å²) in [6, 6.07) is 0. The zero-order chi connectivity index (χ0) is 10.4. The van der Waals surface area contributed by atoms with Gasteiger partial charge in [0, 0.05) is 6.92 Å². The smallest absolute Gasteiger partial charge is 0.375 e. The van der Waals surface area contributed by atoms with Crippen LogP contribution in [0.4, 0.5) is 0 Å². The van der Waals surface area contributed by atoms with Crippen molar-refractivity contribution in [1.29, 1.82) is 0 Å². The molecule has 0 saturated carbocycles. The molecule has 13 heavy (non-hydrogen) atoms. The van der Waals surface area contributed by atoms with E-state index in [0.29, 0.717) is 0 Å². The van der Waals surface area contributed by atoms with Crippen molar-refractivity contribution >= 4 is 17.7 Å². The number of carbonyl (C=O) groups excluding carboxylic acids is 3. The van der Waals surface area contributed by atoms with E-state index in [1.165, 1.54) is 6.92 Å². The molecule has 1 atom stereocenters. The van der Waals surface area contributed by atoms with Gasteiger partial charge in [0.15, 0.2) is 6.10 Å². The van der Waals surface area contributed by atoms with Gasteiger partial charge in [-0.25, -0.2) is 9.59 Å². The summed E-state index contributed by atoms with van der Waals surface area (Å²) in [5.41, 5.74) is 0. The molecule has 0 fully saturated rings. The molecule has 0 amide bonds. The third-order valence-corrected chi connectivity index (χ3v) is 1.19.